The fourth-order valence-electron chi connectivity index (χ4n) is 2.25. The van der Waals surface area contributed by atoms with Gasteiger partial charge in [-0.1, -0.05) is 6.42 Å². The van der Waals surface area contributed by atoms with E-state index in [-0.39, 0.29) is 6.61 Å². The lowest BCUT2D eigenvalue weighted by Gasteiger charge is -2.33. The molecule has 0 aliphatic carbocycles. The summed E-state index contributed by atoms with van der Waals surface area (Å²) >= 11 is 0. The van der Waals surface area contributed by atoms with E-state index < -0.39 is 0 Å². The first-order valence-electron chi connectivity index (χ1n) is 5.92. The molecule has 0 spiro atoms. The van der Waals surface area contributed by atoms with Crippen molar-refractivity contribution in [3.8, 4) is 0 Å². The molecule has 90 valence electrons. The maximum atomic E-state index is 9.33. The minimum absolute atomic E-state index is 0.247. The van der Waals surface area contributed by atoms with Gasteiger partial charge < -0.3 is 9.67 Å². The molecule has 1 unspecified atom stereocenters. The van der Waals surface area contributed by atoms with E-state index in [9.17, 15) is 5.11 Å². The van der Waals surface area contributed by atoms with Crippen LogP contribution in [0.1, 0.15) is 30.9 Å². The van der Waals surface area contributed by atoms with E-state index in [4.69, 9.17) is 0 Å². The molecule has 1 aliphatic rings. The molecule has 5 nitrogen and oxygen atoms in total. The van der Waals surface area contributed by atoms with Crippen molar-refractivity contribution in [2.45, 2.75) is 38.8 Å². The van der Waals surface area contributed by atoms with Crippen LogP contribution in [0.4, 0.5) is 0 Å². The number of hydrogen-bond acceptors (Lipinski definition) is 4. The normalized spacial score (nSPS) is 22.6. The van der Waals surface area contributed by atoms with Crippen molar-refractivity contribution < 1.29 is 5.11 Å². The molecule has 1 saturated heterocycles. The molecule has 0 radical (unpaired) electrons. The van der Waals surface area contributed by atoms with Crippen LogP contribution in [-0.2, 0) is 13.6 Å². The van der Waals surface area contributed by atoms with E-state index in [0.717, 1.165) is 31.2 Å². The Bertz CT molecular complexity index is 350. The Kier molecular flexibility index (Phi) is 3.56. The van der Waals surface area contributed by atoms with Crippen LogP contribution in [0.2, 0.25) is 0 Å². The molecule has 2 rings (SSSR count). The van der Waals surface area contributed by atoms with Crippen molar-refractivity contribution in [3.63, 3.8) is 0 Å². The van der Waals surface area contributed by atoms with Gasteiger partial charge in [-0.3, -0.25) is 4.90 Å². The van der Waals surface area contributed by atoms with Gasteiger partial charge in [0.25, 0.3) is 0 Å². The highest BCUT2D eigenvalue weighted by molar-refractivity contribution is 4.93. The van der Waals surface area contributed by atoms with Crippen molar-refractivity contribution in [2.24, 2.45) is 7.05 Å². The third-order valence-corrected chi connectivity index (χ3v) is 3.49. The minimum Gasteiger partial charge on any atom is -0.395 e. The maximum Gasteiger partial charge on any atom is 0.146 e. The largest absolute Gasteiger partial charge is 0.395 e. The Balaban J connectivity index is 2.05. The molecular formula is C11H20N4O. The van der Waals surface area contributed by atoms with Crippen LogP contribution in [0, 0.1) is 6.92 Å². The van der Waals surface area contributed by atoms with E-state index in [2.05, 4.69) is 15.1 Å². The number of rotatable bonds is 3. The monoisotopic (exact) mass is 224 g/mol. The summed E-state index contributed by atoms with van der Waals surface area (Å²) in [5, 5.41) is 17.6. The van der Waals surface area contributed by atoms with E-state index in [1.807, 2.05) is 18.5 Å². The second-order valence-electron chi connectivity index (χ2n) is 4.53. The third kappa shape index (κ3) is 2.25. The van der Waals surface area contributed by atoms with Gasteiger partial charge in [0.15, 0.2) is 0 Å². The molecule has 5 heteroatoms. The van der Waals surface area contributed by atoms with Gasteiger partial charge in [0.2, 0.25) is 0 Å². The molecule has 1 aliphatic heterocycles. The van der Waals surface area contributed by atoms with Gasteiger partial charge in [0.05, 0.1) is 13.2 Å². The second-order valence-corrected chi connectivity index (χ2v) is 4.53. The SMILES string of the molecule is Cc1nnc(CN2CCCCC2CO)n1C. The molecule has 0 saturated carbocycles. The fourth-order valence-corrected chi connectivity index (χ4v) is 2.25. The molecule has 0 bridgehead atoms. The summed E-state index contributed by atoms with van der Waals surface area (Å²) in [4.78, 5) is 2.31. The molecule has 1 N–H and O–H groups in total. The molecule has 0 aromatic carbocycles. The Morgan fingerprint density at radius 3 is 2.81 bits per heavy atom. The van der Waals surface area contributed by atoms with Crippen LogP contribution in [-0.4, -0.2) is 44.0 Å². The third-order valence-electron chi connectivity index (χ3n) is 3.49. The van der Waals surface area contributed by atoms with Crippen LogP contribution < -0.4 is 0 Å². The second kappa shape index (κ2) is 4.93. The van der Waals surface area contributed by atoms with Gasteiger partial charge in [0.1, 0.15) is 11.6 Å². The summed E-state index contributed by atoms with van der Waals surface area (Å²) in [6, 6.07) is 0.297. The molecule has 2 heterocycles. The van der Waals surface area contributed by atoms with Crippen LogP contribution in [0.15, 0.2) is 0 Å². The number of aryl methyl sites for hydroxylation is 1. The van der Waals surface area contributed by atoms with Gasteiger partial charge in [-0.05, 0) is 26.3 Å². The van der Waals surface area contributed by atoms with Gasteiger partial charge in [-0.2, -0.15) is 0 Å². The Hall–Kier alpha value is -0.940. The van der Waals surface area contributed by atoms with E-state index in [1.165, 1.54) is 12.8 Å². The zero-order valence-electron chi connectivity index (χ0n) is 10.1. The summed E-state index contributed by atoms with van der Waals surface area (Å²) in [7, 11) is 1.99. The first kappa shape index (κ1) is 11.5. The van der Waals surface area contributed by atoms with Crippen molar-refractivity contribution >= 4 is 0 Å². The zero-order valence-corrected chi connectivity index (χ0v) is 10.1. The number of aliphatic hydroxyl groups excluding tert-OH is 1. The lowest BCUT2D eigenvalue weighted by molar-refractivity contribution is 0.0811. The van der Waals surface area contributed by atoms with Gasteiger partial charge in [-0.25, -0.2) is 0 Å². The maximum absolute atomic E-state index is 9.33. The average molecular weight is 224 g/mol. The number of aliphatic hydroxyl groups is 1. The Morgan fingerprint density at radius 2 is 2.19 bits per heavy atom. The first-order chi connectivity index (χ1) is 7.72. The predicted octanol–water partition coefficient (Wildman–Crippen LogP) is 0.470. The molecule has 1 aromatic heterocycles. The van der Waals surface area contributed by atoms with Crippen molar-refractivity contribution in [1.29, 1.82) is 0 Å². The predicted molar refractivity (Wildman–Crippen MR) is 60.9 cm³/mol. The average Bonchev–Trinajstić information content (AvgIpc) is 2.62. The minimum atomic E-state index is 0.247. The molecular weight excluding hydrogens is 204 g/mol. The summed E-state index contributed by atoms with van der Waals surface area (Å²) in [5.74, 6) is 1.92. The van der Waals surface area contributed by atoms with E-state index in [1.54, 1.807) is 0 Å². The van der Waals surface area contributed by atoms with Crippen molar-refractivity contribution in [3.05, 3.63) is 11.6 Å². The number of hydrogen-bond donors (Lipinski definition) is 1. The van der Waals surface area contributed by atoms with Crippen LogP contribution in [0.5, 0.6) is 0 Å². The molecule has 1 aromatic rings. The van der Waals surface area contributed by atoms with Gasteiger partial charge in [-0.15, -0.1) is 10.2 Å². The highest BCUT2D eigenvalue weighted by Gasteiger charge is 2.23. The topological polar surface area (TPSA) is 54.2 Å². The Labute approximate surface area is 96.1 Å². The standard InChI is InChI=1S/C11H20N4O/c1-9-12-13-11(14(9)2)7-15-6-4-3-5-10(15)8-16/h10,16H,3-8H2,1-2H3. The van der Waals surface area contributed by atoms with Crippen molar-refractivity contribution in [2.75, 3.05) is 13.2 Å². The quantitative estimate of drug-likeness (QED) is 0.811. The van der Waals surface area contributed by atoms with Gasteiger partial charge in [0, 0.05) is 13.1 Å². The molecule has 16 heavy (non-hydrogen) atoms. The number of aromatic nitrogens is 3. The molecule has 0 amide bonds. The lowest BCUT2D eigenvalue weighted by Crippen LogP contribution is -2.41. The van der Waals surface area contributed by atoms with E-state index >= 15 is 0 Å². The first-order valence-corrected chi connectivity index (χ1v) is 5.92. The van der Waals surface area contributed by atoms with Crippen LogP contribution in [0.25, 0.3) is 0 Å². The molecule has 1 fully saturated rings. The summed E-state index contributed by atoms with van der Waals surface area (Å²) < 4.78 is 2.02. The fraction of sp³-hybridized carbons (Fsp3) is 0.818. The zero-order chi connectivity index (χ0) is 11.5. The van der Waals surface area contributed by atoms with Crippen LogP contribution >= 0.6 is 0 Å². The number of nitrogens with zero attached hydrogens (tertiary/aromatic N) is 4. The van der Waals surface area contributed by atoms with Crippen LogP contribution in [0.3, 0.4) is 0 Å². The summed E-state index contributed by atoms with van der Waals surface area (Å²) in [5.41, 5.74) is 0. The number of likely N-dealkylation sites (tertiary alicyclic amines) is 1. The highest BCUT2D eigenvalue weighted by atomic mass is 16.3. The smallest absolute Gasteiger partial charge is 0.146 e. The number of piperidine rings is 1. The van der Waals surface area contributed by atoms with Crippen molar-refractivity contribution in [1.82, 2.24) is 19.7 Å². The van der Waals surface area contributed by atoms with Gasteiger partial charge >= 0.3 is 0 Å². The van der Waals surface area contributed by atoms with E-state index in [0.29, 0.717) is 6.04 Å². The lowest BCUT2D eigenvalue weighted by atomic mass is 10.0. The highest BCUT2D eigenvalue weighted by Crippen LogP contribution is 2.18. The molecule has 1 atom stereocenters. The Morgan fingerprint density at radius 1 is 1.38 bits per heavy atom. The summed E-state index contributed by atoms with van der Waals surface area (Å²) in [6.45, 7) is 4.05. The summed E-state index contributed by atoms with van der Waals surface area (Å²) in [6.07, 6.45) is 3.53.